The lowest BCUT2D eigenvalue weighted by Gasteiger charge is -2.43. The normalized spacial score (nSPS) is 26.7. The number of amides is 12. The number of nitrogens with one attached hydrogen (secondary N) is 3. The lowest BCUT2D eigenvalue weighted by atomic mass is 9.81. The quantitative estimate of drug-likeness (QED) is 0.186. The van der Waals surface area contributed by atoms with Gasteiger partial charge in [-0.05, 0) is 126 Å². The van der Waals surface area contributed by atoms with Gasteiger partial charge >= 0.3 is 0 Å². The second kappa shape index (κ2) is 37.4. The van der Waals surface area contributed by atoms with Crippen LogP contribution in [-0.4, -0.2) is 258 Å². The minimum atomic E-state index is -1.51. The van der Waals surface area contributed by atoms with Crippen LogP contribution in [0.1, 0.15) is 194 Å². The first-order chi connectivity index (χ1) is 47.5. The summed E-state index contributed by atoms with van der Waals surface area (Å²) in [5, 5.41) is 9.36. The molecule has 3 saturated heterocycles. The second-order valence-electron chi connectivity index (χ2n) is 29.5. The van der Waals surface area contributed by atoms with E-state index in [0.717, 1.165) is 75.5 Å². The van der Waals surface area contributed by atoms with Crippen LogP contribution in [0.3, 0.4) is 0 Å². The molecule has 0 bridgehead atoms. The lowest BCUT2D eigenvalue weighted by molar-refractivity contribution is -0.157. The Kier molecular flexibility index (Phi) is 30.1. The molecule has 100 heavy (non-hydrogen) atoms. The van der Waals surface area contributed by atoms with Crippen LogP contribution in [0.4, 0.5) is 0 Å². The number of hydrogen-bond acceptors (Lipinski definition) is 13. The van der Waals surface area contributed by atoms with E-state index in [2.05, 4.69) is 16.0 Å². The van der Waals surface area contributed by atoms with Gasteiger partial charge in [0.25, 0.3) is 0 Å². The van der Waals surface area contributed by atoms with Crippen LogP contribution in [0, 0.1) is 17.8 Å². The smallest absolute Gasteiger partial charge is 0.248 e. The highest BCUT2D eigenvalue weighted by molar-refractivity contribution is 6.43. The number of carbonyl (C=O) groups excluding carboxylic acids is 12. The van der Waals surface area contributed by atoms with Gasteiger partial charge in [0.1, 0.15) is 58.6 Å². The summed E-state index contributed by atoms with van der Waals surface area (Å²) < 4.78 is 6.02. The number of piperidine rings is 1. The fraction of sp³-hybridized carbons (Fsp3) is 0.753. The molecular formula is C73H114Cl2N12O13. The molecule has 1 aromatic carbocycles. The van der Waals surface area contributed by atoms with E-state index in [1.165, 1.54) is 83.5 Å². The van der Waals surface area contributed by atoms with Gasteiger partial charge < -0.3 is 64.8 Å². The van der Waals surface area contributed by atoms with Gasteiger partial charge in [-0.3, -0.25) is 57.5 Å². The van der Waals surface area contributed by atoms with E-state index in [4.69, 9.17) is 27.9 Å². The maximum Gasteiger partial charge on any atom is 0.248 e. The van der Waals surface area contributed by atoms with Gasteiger partial charge in [-0.2, -0.15) is 0 Å². The molecule has 7 rings (SSSR count). The summed E-state index contributed by atoms with van der Waals surface area (Å²) in [6.45, 7) is 6.94. The van der Waals surface area contributed by atoms with Crippen molar-refractivity contribution in [3.63, 3.8) is 0 Å². The lowest BCUT2D eigenvalue weighted by Crippen LogP contribution is -2.65. The van der Waals surface area contributed by atoms with Crippen LogP contribution >= 0.6 is 23.2 Å². The van der Waals surface area contributed by atoms with Crippen molar-refractivity contribution in [1.82, 2.24) is 60.0 Å². The van der Waals surface area contributed by atoms with Gasteiger partial charge in [0, 0.05) is 69.0 Å². The van der Waals surface area contributed by atoms with Gasteiger partial charge in [0.05, 0.1) is 37.7 Å². The van der Waals surface area contributed by atoms with Crippen molar-refractivity contribution in [2.24, 2.45) is 17.8 Å². The first-order valence-electron chi connectivity index (χ1n) is 36.9. The maximum atomic E-state index is 15.7. The Morgan fingerprint density at radius 2 is 1.25 bits per heavy atom. The predicted octanol–water partition coefficient (Wildman–Crippen LogP) is 6.21. The number of unbranched alkanes of at least 4 members (excludes halogenated alkanes) is 1. The van der Waals surface area contributed by atoms with Crippen molar-refractivity contribution in [3.05, 3.63) is 27.7 Å². The van der Waals surface area contributed by atoms with Gasteiger partial charge in [-0.15, -0.1) is 0 Å². The van der Waals surface area contributed by atoms with Crippen LogP contribution in [0.2, 0.25) is 10.0 Å². The number of aryl methyl sites for hydroxylation is 1. The SMILES string of the molecule is CCCCOc1cc(CC[C@@H]2NC(=O)CN(C)C(=O)[C@H](CC3CCCCC3)N(C)C(=O)CN(C)C(=O)CN(C)C(=O)[C@H]([C@@H](C)CC)NC(=O)[C@H](C)N(C)C(=O)C[C@@H](C(=O)N3CCCCC3)N(C)C(=O)[C@H](C3CCCCC3)N(C)C(=O)C3(CCCC3)NC(=O)C3CCCN3C2=O)cc(Cl)c1Cl. The van der Waals surface area contributed by atoms with Crippen molar-refractivity contribution >= 4 is 94.1 Å². The van der Waals surface area contributed by atoms with Crippen molar-refractivity contribution in [2.75, 3.05) is 95.2 Å². The fourth-order valence-corrected chi connectivity index (χ4v) is 15.9. The minimum absolute atomic E-state index is 0.00110. The topological polar surface area (TPSA) is 279 Å². The Labute approximate surface area is 602 Å². The zero-order chi connectivity index (χ0) is 73.3. The molecule has 1 unspecified atom stereocenters. The third-order valence-electron chi connectivity index (χ3n) is 22.3. The summed E-state index contributed by atoms with van der Waals surface area (Å²) >= 11 is 13.3. The Morgan fingerprint density at radius 1 is 0.630 bits per heavy atom. The summed E-state index contributed by atoms with van der Waals surface area (Å²) in [5.41, 5.74) is -0.858. The van der Waals surface area contributed by atoms with Crippen LogP contribution in [-0.2, 0) is 64.0 Å². The van der Waals surface area contributed by atoms with E-state index in [9.17, 15) is 38.4 Å². The molecule has 27 heteroatoms. The van der Waals surface area contributed by atoms with E-state index in [1.54, 1.807) is 31.0 Å². The Morgan fingerprint density at radius 3 is 1.89 bits per heavy atom. The largest absolute Gasteiger partial charge is 0.492 e. The Hall–Kier alpha value is -6.76. The third kappa shape index (κ3) is 20.3. The van der Waals surface area contributed by atoms with E-state index in [-0.39, 0.29) is 67.0 Å². The highest BCUT2D eigenvalue weighted by Gasteiger charge is 2.51. The summed E-state index contributed by atoms with van der Waals surface area (Å²) in [6.07, 6.45) is 14.7. The molecule has 3 N–H and O–H groups in total. The zero-order valence-electron chi connectivity index (χ0n) is 61.4. The van der Waals surface area contributed by atoms with E-state index >= 15 is 19.2 Å². The highest BCUT2D eigenvalue weighted by atomic mass is 35.5. The molecule has 3 aliphatic carbocycles. The first kappa shape index (κ1) is 80.6. The molecule has 558 valence electrons. The minimum Gasteiger partial charge on any atom is -0.492 e. The molecule has 8 atom stereocenters. The number of ether oxygens (including phenoxy) is 1. The summed E-state index contributed by atoms with van der Waals surface area (Å²) in [6, 6.07) is -4.88. The van der Waals surface area contributed by atoms with Gasteiger partial charge in [-0.25, -0.2) is 0 Å². The number of halogens is 2. The molecule has 6 aliphatic rings. The number of rotatable bonds is 13. The average molecular weight is 1440 g/mol. The third-order valence-corrected chi connectivity index (χ3v) is 23.1. The van der Waals surface area contributed by atoms with Crippen LogP contribution in [0.5, 0.6) is 5.75 Å². The number of likely N-dealkylation sites (N-methyl/N-ethyl adjacent to an activating group) is 7. The predicted molar refractivity (Wildman–Crippen MR) is 380 cm³/mol. The molecule has 12 amide bonds. The van der Waals surface area contributed by atoms with Crippen LogP contribution in [0.25, 0.3) is 0 Å². The molecule has 1 spiro atoms. The molecule has 1 aromatic rings. The average Bonchev–Trinajstić information content (AvgIpc) is 1.44. The van der Waals surface area contributed by atoms with E-state index in [1.807, 2.05) is 13.8 Å². The summed E-state index contributed by atoms with van der Waals surface area (Å²) in [4.78, 5) is 191. The second-order valence-corrected chi connectivity index (χ2v) is 30.3. The summed E-state index contributed by atoms with van der Waals surface area (Å²) in [7, 11) is 10.2. The van der Waals surface area contributed by atoms with Gasteiger partial charge in [0.2, 0.25) is 70.9 Å². The number of hydrogen-bond donors (Lipinski definition) is 3. The van der Waals surface area contributed by atoms with E-state index in [0.29, 0.717) is 82.4 Å². The molecule has 6 fully saturated rings. The maximum absolute atomic E-state index is 15.7. The molecule has 25 nitrogen and oxygen atoms in total. The first-order valence-corrected chi connectivity index (χ1v) is 37.7. The highest BCUT2D eigenvalue weighted by Crippen LogP contribution is 2.38. The Balaban J connectivity index is 1.27. The van der Waals surface area contributed by atoms with Crippen molar-refractivity contribution < 1.29 is 62.3 Å². The fourth-order valence-electron chi connectivity index (χ4n) is 15.5. The number of carbonyl (C=O) groups is 12. The van der Waals surface area contributed by atoms with Crippen LogP contribution < -0.4 is 20.7 Å². The van der Waals surface area contributed by atoms with Gasteiger partial charge in [0.15, 0.2) is 0 Å². The van der Waals surface area contributed by atoms with E-state index < -0.39 is 151 Å². The zero-order valence-corrected chi connectivity index (χ0v) is 62.9. The molecule has 3 aliphatic heterocycles. The number of fused-ring (bicyclic) bond motifs is 1. The molecular weight excluding hydrogens is 1320 g/mol. The number of nitrogens with zero attached hydrogens (tertiary/aromatic N) is 9. The van der Waals surface area contributed by atoms with Crippen molar-refractivity contribution in [1.29, 1.82) is 0 Å². The molecule has 0 radical (unpaired) electrons. The monoisotopic (exact) mass is 1440 g/mol. The van der Waals surface area contributed by atoms with Crippen molar-refractivity contribution in [3.8, 4) is 5.75 Å². The van der Waals surface area contributed by atoms with Gasteiger partial charge in [-0.1, -0.05) is 121 Å². The summed E-state index contributed by atoms with van der Waals surface area (Å²) in [5.74, 6) is -7.45. The number of likely N-dealkylation sites (tertiary alicyclic amines) is 1. The molecule has 3 saturated carbocycles. The Bertz CT molecular complexity index is 3080. The molecule has 0 aromatic heterocycles. The molecule has 3 heterocycles. The standard InChI is InChI=1S/C73H114Cl2N12O13/c1-12-14-39-100-57-42-50(40-52(74)62(57)75)32-33-53-67(94)87-38-26-31-54(87)66(93)78-73(34-22-23-35-73)72(99)85(11)64(51-29-20-16-21-30-51)71(98)84(10)56(69(96)86-36-24-17-25-37-86)43-59(89)82(8)48(4)65(92)77-63(47(3)13-2)70(97)81(7)45-60(90)79(5)46-61(91)83(9)55(41-49-27-18-15-19-28-49)68(95)80(6)44-58(88)76-53/h40,42,47-49,51,53-56,63-64H,12-39,41,43-46H2,1-11H3,(H,76,88)(H,77,92)(H,78,93)/t47-,48-,53-,54?,55-,56-,63-,64-/m0/s1. The number of benzene rings is 1. The van der Waals surface area contributed by atoms with Crippen LogP contribution in [0.15, 0.2) is 12.1 Å². The van der Waals surface area contributed by atoms with Crippen molar-refractivity contribution in [2.45, 2.75) is 242 Å².